The Morgan fingerprint density at radius 1 is 1.24 bits per heavy atom. The highest BCUT2D eigenvalue weighted by Crippen LogP contribution is 2.30. The molecular weight excluding hydrogens is 262 g/mol. The molecule has 0 radical (unpaired) electrons. The molecule has 2 heterocycles. The van der Waals surface area contributed by atoms with Crippen molar-refractivity contribution in [3.8, 4) is 0 Å². The van der Waals surface area contributed by atoms with E-state index in [-0.39, 0.29) is 5.54 Å². The lowest BCUT2D eigenvalue weighted by molar-refractivity contribution is 0.0295. The average Bonchev–Trinajstić information content (AvgIpc) is 2.71. The summed E-state index contributed by atoms with van der Waals surface area (Å²) >= 11 is 0. The molecule has 0 aromatic heterocycles. The maximum absolute atomic E-state index is 6.25. The van der Waals surface area contributed by atoms with Crippen molar-refractivity contribution in [1.29, 1.82) is 0 Å². The molecule has 1 atom stereocenters. The van der Waals surface area contributed by atoms with Gasteiger partial charge in [-0.25, -0.2) is 0 Å². The van der Waals surface area contributed by atoms with Crippen LogP contribution in [0.5, 0.6) is 0 Å². The summed E-state index contributed by atoms with van der Waals surface area (Å²) < 4.78 is 5.49. The number of ether oxygens (including phenoxy) is 1. The van der Waals surface area contributed by atoms with E-state index in [4.69, 9.17) is 10.5 Å². The highest BCUT2D eigenvalue weighted by atomic mass is 16.5. The van der Waals surface area contributed by atoms with E-state index in [9.17, 15) is 0 Å². The van der Waals surface area contributed by atoms with E-state index in [2.05, 4.69) is 30.7 Å². The maximum atomic E-state index is 6.25. The first-order valence-corrected chi connectivity index (χ1v) is 8.80. The molecular formula is C17H35N3O. The molecule has 0 aromatic carbocycles. The van der Waals surface area contributed by atoms with Crippen molar-refractivity contribution in [2.75, 3.05) is 46.4 Å². The van der Waals surface area contributed by atoms with Crippen molar-refractivity contribution in [2.45, 2.75) is 57.5 Å². The van der Waals surface area contributed by atoms with Gasteiger partial charge >= 0.3 is 0 Å². The van der Waals surface area contributed by atoms with E-state index in [1.807, 2.05) is 0 Å². The molecule has 1 unspecified atom stereocenters. The Bertz CT molecular complexity index is 304. The van der Waals surface area contributed by atoms with Gasteiger partial charge in [0.05, 0.1) is 0 Å². The van der Waals surface area contributed by atoms with Crippen LogP contribution >= 0.6 is 0 Å². The molecule has 21 heavy (non-hydrogen) atoms. The van der Waals surface area contributed by atoms with Crippen LogP contribution < -0.4 is 5.73 Å². The molecule has 0 aliphatic carbocycles. The summed E-state index contributed by atoms with van der Waals surface area (Å²) in [6, 6.07) is 0.652. The fourth-order valence-electron chi connectivity index (χ4n) is 3.97. The lowest BCUT2D eigenvalue weighted by Crippen LogP contribution is -2.54. The molecule has 4 heteroatoms. The SMILES string of the molecule is CC(C)N1CCCC(CN)(N(C)CC2CCOCC2)CC1. The summed E-state index contributed by atoms with van der Waals surface area (Å²) in [5, 5.41) is 0. The Morgan fingerprint density at radius 2 is 1.95 bits per heavy atom. The number of rotatable bonds is 5. The largest absolute Gasteiger partial charge is 0.381 e. The number of nitrogens with two attached hydrogens (primary N) is 1. The molecule has 4 nitrogen and oxygen atoms in total. The first-order chi connectivity index (χ1) is 10.1. The Labute approximate surface area is 131 Å². The van der Waals surface area contributed by atoms with E-state index in [1.165, 1.54) is 51.7 Å². The van der Waals surface area contributed by atoms with Gasteiger partial charge in [0.25, 0.3) is 0 Å². The number of nitrogens with zero attached hydrogens (tertiary/aromatic N) is 2. The monoisotopic (exact) mass is 297 g/mol. The molecule has 2 fully saturated rings. The molecule has 0 saturated carbocycles. The van der Waals surface area contributed by atoms with Crippen LogP contribution in [0.1, 0.15) is 46.0 Å². The van der Waals surface area contributed by atoms with Crippen molar-refractivity contribution in [3.63, 3.8) is 0 Å². The first kappa shape index (κ1) is 17.2. The smallest absolute Gasteiger partial charge is 0.0469 e. The minimum absolute atomic E-state index is 0.210. The number of likely N-dealkylation sites (tertiary alicyclic amines) is 1. The third-order valence-electron chi connectivity index (χ3n) is 5.74. The second kappa shape index (κ2) is 7.91. The van der Waals surface area contributed by atoms with Gasteiger partial charge in [0.15, 0.2) is 0 Å². The van der Waals surface area contributed by atoms with Crippen LogP contribution in [-0.4, -0.2) is 67.8 Å². The average molecular weight is 297 g/mol. The molecule has 2 aliphatic rings. The van der Waals surface area contributed by atoms with Crippen molar-refractivity contribution in [2.24, 2.45) is 11.7 Å². The van der Waals surface area contributed by atoms with E-state index < -0.39 is 0 Å². The van der Waals surface area contributed by atoms with Crippen molar-refractivity contribution in [1.82, 2.24) is 9.80 Å². The van der Waals surface area contributed by atoms with Gasteiger partial charge in [0.1, 0.15) is 0 Å². The minimum Gasteiger partial charge on any atom is -0.381 e. The zero-order chi connectivity index (χ0) is 15.3. The molecule has 124 valence electrons. The highest BCUT2D eigenvalue weighted by Gasteiger charge is 2.36. The quantitative estimate of drug-likeness (QED) is 0.842. The van der Waals surface area contributed by atoms with Crippen molar-refractivity contribution < 1.29 is 4.74 Å². The summed E-state index contributed by atoms with van der Waals surface area (Å²) in [6.45, 7) is 10.9. The number of likely N-dealkylation sites (N-methyl/N-ethyl adjacent to an activating group) is 1. The predicted octanol–water partition coefficient (Wildman–Crippen LogP) is 1.94. The van der Waals surface area contributed by atoms with E-state index in [0.717, 1.165) is 25.7 Å². The molecule has 2 rings (SSSR count). The Balaban J connectivity index is 1.95. The maximum Gasteiger partial charge on any atom is 0.0469 e. The topological polar surface area (TPSA) is 41.7 Å². The first-order valence-electron chi connectivity index (χ1n) is 8.80. The number of hydrogen-bond acceptors (Lipinski definition) is 4. The molecule has 2 saturated heterocycles. The second-order valence-corrected chi connectivity index (χ2v) is 7.35. The van der Waals surface area contributed by atoms with Crippen LogP contribution in [0.4, 0.5) is 0 Å². The Morgan fingerprint density at radius 3 is 2.57 bits per heavy atom. The Hall–Kier alpha value is -0.160. The molecule has 0 amide bonds. The van der Waals surface area contributed by atoms with Gasteiger partial charge < -0.3 is 15.4 Å². The van der Waals surface area contributed by atoms with E-state index >= 15 is 0 Å². The summed E-state index contributed by atoms with van der Waals surface area (Å²) in [7, 11) is 2.30. The summed E-state index contributed by atoms with van der Waals surface area (Å²) in [5.74, 6) is 0.789. The van der Waals surface area contributed by atoms with Gasteiger partial charge in [-0.1, -0.05) is 0 Å². The van der Waals surface area contributed by atoms with E-state index in [1.54, 1.807) is 0 Å². The second-order valence-electron chi connectivity index (χ2n) is 7.35. The van der Waals surface area contributed by atoms with E-state index in [0.29, 0.717) is 6.04 Å². The minimum atomic E-state index is 0.210. The van der Waals surface area contributed by atoms with Crippen LogP contribution in [0.3, 0.4) is 0 Å². The van der Waals surface area contributed by atoms with Crippen molar-refractivity contribution >= 4 is 0 Å². The predicted molar refractivity (Wildman–Crippen MR) is 88.5 cm³/mol. The van der Waals surface area contributed by atoms with Gasteiger partial charge in [0, 0.05) is 44.4 Å². The Kier molecular flexibility index (Phi) is 6.48. The normalized spacial score (nSPS) is 30.0. The number of hydrogen-bond donors (Lipinski definition) is 1. The summed E-state index contributed by atoms with van der Waals surface area (Å²) in [5.41, 5.74) is 6.46. The molecule has 2 aliphatic heterocycles. The van der Waals surface area contributed by atoms with Gasteiger partial charge in [0.2, 0.25) is 0 Å². The van der Waals surface area contributed by atoms with Gasteiger partial charge in [-0.05, 0) is 65.5 Å². The van der Waals surface area contributed by atoms with Crippen LogP contribution in [0.2, 0.25) is 0 Å². The van der Waals surface area contributed by atoms with Crippen LogP contribution in [0.25, 0.3) is 0 Å². The highest BCUT2D eigenvalue weighted by molar-refractivity contribution is 4.94. The fourth-order valence-corrected chi connectivity index (χ4v) is 3.97. The fraction of sp³-hybridized carbons (Fsp3) is 1.00. The van der Waals surface area contributed by atoms with Crippen LogP contribution in [0, 0.1) is 5.92 Å². The third kappa shape index (κ3) is 4.41. The van der Waals surface area contributed by atoms with Crippen LogP contribution in [-0.2, 0) is 4.74 Å². The molecule has 0 spiro atoms. The molecule has 0 aromatic rings. The van der Waals surface area contributed by atoms with Gasteiger partial charge in [-0.15, -0.1) is 0 Å². The lowest BCUT2D eigenvalue weighted by Gasteiger charge is -2.43. The third-order valence-corrected chi connectivity index (χ3v) is 5.74. The van der Waals surface area contributed by atoms with Gasteiger partial charge in [-0.3, -0.25) is 4.90 Å². The summed E-state index contributed by atoms with van der Waals surface area (Å²) in [6.07, 6.45) is 6.15. The molecule has 2 N–H and O–H groups in total. The summed E-state index contributed by atoms with van der Waals surface area (Å²) in [4.78, 5) is 5.20. The zero-order valence-corrected chi connectivity index (χ0v) is 14.3. The zero-order valence-electron chi connectivity index (χ0n) is 14.3. The van der Waals surface area contributed by atoms with Crippen LogP contribution in [0.15, 0.2) is 0 Å². The molecule has 0 bridgehead atoms. The lowest BCUT2D eigenvalue weighted by atomic mass is 9.87. The standard InChI is InChI=1S/C17H35N3O/c1-15(2)20-9-4-7-17(14-18,8-10-20)19(3)13-16-5-11-21-12-6-16/h15-16H,4-14,18H2,1-3H3. The van der Waals surface area contributed by atoms with Crippen molar-refractivity contribution in [3.05, 3.63) is 0 Å². The van der Waals surface area contributed by atoms with Gasteiger partial charge in [-0.2, -0.15) is 0 Å².